The van der Waals surface area contributed by atoms with E-state index in [9.17, 15) is 9.59 Å². The lowest BCUT2D eigenvalue weighted by molar-refractivity contribution is -0.129. The van der Waals surface area contributed by atoms with Gasteiger partial charge in [-0.2, -0.15) is 0 Å². The second-order valence-corrected chi connectivity index (χ2v) is 7.94. The lowest BCUT2D eigenvalue weighted by Gasteiger charge is -2.28. The van der Waals surface area contributed by atoms with Crippen molar-refractivity contribution in [3.8, 4) is 5.75 Å². The van der Waals surface area contributed by atoms with Crippen LogP contribution in [0.2, 0.25) is 0 Å². The zero-order chi connectivity index (χ0) is 19.1. The fourth-order valence-electron chi connectivity index (χ4n) is 4.34. The zero-order valence-corrected chi connectivity index (χ0v) is 16.3. The van der Waals surface area contributed by atoms with Crippen LogP contribution in [-0.2, 0) is 9.59 Å². The summed E-state index contributed by atoms with van der Waals surface area (Å²) in [6.07, 6.45) is 10.4. The van der Waals surface area contributed by atoms with Crippen LogP contribution in [-0.4, -0.2) is 25.0 Å². The Morgan fingerprint density at radius 2 is 1.44 bits per heavy atom. The summed E-state index contributed by atoms with van der Waals surface area (Å²) >= 11 is 0. The Hall–Kier alpha value is -2.04. The number of hydrogen-bond donors (Lipinski definition) is 2. The van der Waals surface area contributed by atoms with Crippen LogP contribution in [0.4, 0.5) is 5.69 Å². The molecule has 2 amide bonds. The third kappa shape index (κ3) is 5.47. The van der Waals surface area contributed by atoms with Gasteiger partial charge in [-0.05, 0) is 50.7 Å². The summed E-state index contributed by atoms with van der Waals surface area (Å²) in [7, 11) is 1.60. The molecule has 5 heteroatoms. The normalized spacial score (nSPS) is 23.9. The molecule has 148 valence electrons. The first-order valence-electron chi connectivity index (χ1n) is 10.4. The summed E-state index contributed by atoms with van der Waals surface area (Å²) in [5, 5.41) is 6.25. The molecule has 0 aromatic heterocycles. The van der Waals surface area contributed by atoms with E-state index in [4.69, 9.17) is 4.74 Å². The molecule has 2 saturated carbocycles. The van der Waals surface area contributed by atoms with E-state index in [-0.39, 0.29) is 23.7 Å². The average Bonchev–Trinajstić information content (AvgIpc) is 2.97. The van der Waals surface area contributed by atoms with Gasteiger partial charge in [-0.15, -0.1) is 0 Å². The number of anilines is 1. The predicted octanol–water partition coefficient (Wildman–Crippen LogP) is 4.28. The molecular weight excluding hydrogens is 340 g/mol. The topological polar surface area (TPSA) is 67.4 Å². The first kappa shape index (κ1) is 19.7. The smallest absolute Gasteiger partial charge is 0.227 e. The van der Waals surface area contributed by atoms with E-state index in [0.717, 1.165) is 38.5 Å². The molecule has 0 unspecified atom stereocenters. The molecule has 0 aliphatic heterocycles. The maximum absolute atomic E-state index is 12.6. The van der Waals surface area contributed by atoms with Gasteiger partial charge in [-0.3, -0.25) is 9.59 Å². The van der Waals surface area contributed by atoms with E-state index in [1.54, 1.807) is 7.11 Å². The van der Waals surface area contributed by atoms with E-state index < -0.39 is 0 Å². The van der Waals surface area contributed by atoms with Crippen molar-refractivity contribution in [1.82, 2.24) is 5.32 Å². The van der Waals surface area contributed by atoms with Crippen LogP contribution < -0.4 is 15.4 Å². The number of nitrogens with one attached hydrogen (secondary N) is 2. The number of carbonyl (C=O) groups excluding carboxylic acids is 2. The van der Waals surface area contributed by atoms with Gasteiger partial charge in [0.05, 0.1) is 12.8 Å². The van der Waals surface area contributed by atoms with Gasteiger partial charge in [-0.1, -0.05) is 37.8 Å². The number of methoxy groups -OCH3 is 1. The summed E-state index contributed by atoms with van der Waals surface area (Å²) in [6.45, 7) is 0. The molecule has 0 atom stereocenters. The highest BCUT2D eigenvalue weighted by Crippen LogP contribution is 2.31. The Kier molecular flexibility index (Phi) is 7.13. The van der Waals surface area contributed by atoms with Crippen molar-refractivity contribution in [1.29, 1.82) is 0 Å². The van der Waals surface area contributed by atoms with Gasteiger partial charge < -0.3 is 15.4 Å². The second kappa shape index (κ2) is 9.77. The Bertz CT molecular complexity index is 630. The number of rotatable bonds is 5. The van der Waals surface area contributed by atoms with Crippen LogP contribution >= 0.6 is 0 Å². The Morgan fingerprint density at radius 3 is 2.07 bits per heavy atom. The monoisotopic (exact) mass is 372 g/mol. The molecule has 0 radical (unpaired) electrons. The van der Waals surface area contributed by atoms with Crippen LogP contribution in [0.25, 0.3) is 0 Å². The fourth-order valence-corrected chi connectivity index (χ4v) is 4.34. The molecule has 5 nitrogen and oxygen atoms in total. The molecule has 2 aliphatic carbocycles. The molecule has 27 heavy (non-hydrogen) atoms. The first-order valence-corrected chi connectivity index (χ1v) is 10.4. The van der Waals surface area contributed by atoms with E-state index in [1.807, 2.05) is 24.3 Å². The van der Waals surface area contributed by atoms with Gasteiger partial charge in [0.25, 0.3) is 0 Å². The minimum absolute atomic E-state index is 0.0297. The number of benzene rings is 1. The fraction of sp³-hybridized carbons (Fsp3) is 0.636. The van der Waals surface area contributed by atoms with Gasteiger partial charge in [0.15, 0.2) is 0 Å². The van der Waals surface area contributed by atoms with Crippen molar-refractivity contribution < 1.29 is 14.3 Å². The van der Waals surface area contributed by atoms with Crippen LogP contribution in [0, 0.1) is 11.8 Å². The standard InChI is InChI=1S/C22H32N2O3/c1-27-20-11-7-6-10-19(20)24-22(26)17-14-12-16(13-15-17)21(25)23-18-8-4-2-3-5-9-18/h6-7,10-11,16-18H,2-5,8-9,12-15H2,1H3,(H,23,25)(H,24,26). The summed E-state index contributed by atoms with van der Waals surface area (Å²) in [6, 6.07) is 7.80. The summed E-state index contributed by atoms with van der Waals surface area (Å²) in [5.74, 6) is 0.926. The van der Waals surface area contributed by atoms with Gasteiger partial charge in [-0.25, -0.2) is 0 Å². The van der Waals surface area contributed by atoms with Crippen molar-refractivity contribution in [3.05, 3.63) is 24.3 Å². The lowest BCUT2D eigenvalue weighted by atomic mass is 9.81. The highest BCUT2D eigenvalue weighted by molar-refractivity contribution is 5.94. The molecule has 1 aromatic carbocycles. The minimum Gasteiger partial charge on any atom is -0.495 e. The maximum Gasteiger partial charge on any atom is 0.227 e. The molecule has 3 rings (SSSR count). The number of hydrogen-bond acceptors (Lipinski definition) is 3. The molecule has 2 aliphatic rings. The van der Waals surface area contributed by atoms with E-state index in [2.05, 4.69) is 10.6 Å². The van der Waals surface area contributed by atoms with Crippen LogP contribution in [0.1, 0.15) is 64.2 Å². The van der Waals surface area contributed by atoms with E-state index >= 15 is 0 Å². The SMILES string of the molecule is COc1ccccc1NC(=O)C1CCC(C(=O)NC2CCCCCC2)CC1. The van der Waals surface area contributed by atoms with Gasteiger partial charge in [0.2, 0.25) is 11.8 Å². The van der Waals surface area contributed by atoms with Crippen LogP contribution in [0.3, 0.4) is 0 Å². The van der Waals surface area contributed by atoms with Crippen LogP contribution in [0.15, 0.2) is 24.3 Å². The van der Waals surface area contributed by atoms with Crippen molar-refractivity contribution in [3.63, 3.8) is 0 Å². The van der Waals surface area contributed by atoms with Crippen molar-refractivity contribution in [2.24, 2.45) is 11.8 Å². The highest BCUT2D eigenvalue weighted by Gasteiger charge is 2.31. The molecule has 0 bridgehead atoms. The minimum atomic E-state index is -0.0307. The third-order valence-electron chi connectivity index (χ3n) is 6.04. The van der Waals surface area contributed by atoms with Gasteiger partial charge >= 0.3 is 0 Å². The van der Waals surface area contributed by atoms with Gasteiger partial charge in [0.1, 0.15) is 5.75 Å². The Balaban J connectivity index is 1.46. The number of ether oxygens (including phenoxy) is 1. The van der Waals surface area contributed by atoms with Crippen molar-refractivity contribution in [2.75, 3.05) is 12.4 Å². The molecule has 2 N–H and O–H groups in total. The average molecular weight is 373 g/mol. The number of amides is 2. The molecular formula is C22H32N2O3. The molecule has 0 heterocycles. The van der Waals surface area contributed by atoms with E-state index in [0.29, 0.717) is 17.5 Å². The number of para-hydroxylation sites is 2. The molecule has 1 aromatic rings. The second-order valence-electron chi connectivity index (χ2n) is 7.94. The highest BCUT2D eigenvalue weighted by atomic mass is 16.5. The molecule has 2 fully saturated rings. The molecule has 0 saturated heterocycles. The van der Waals surface area contributed by atoms with Crippen LogP contribution in [0.5, 0.6) is 5.75 Å². The van der Waals surface area contributed by atoms with Crippen molar-refractivity contribution >= 4 is 17.5 Å². The zero-order valence-electron chi connectivity index (χ0n) is 16.3. The summed E-state index contributed by atoms with van der Waals surface area (Å²) in [5.41, 5.74) is 0.707. The summed E-state index contributed by atoms with van der Waals surface area (Å²) < 4.78 is 5.30. The maximum atomic E-state index is 12.6. The number of carbonyl (C=O) groups is 2. The lowest BCUT2D eigenvalue weighted by Crippen LogP contribution is -2.40. The van der Waals surface area contributed by atoms with Gasteiger partial charge in [0, 0.05) is 17.9 Å². The van der Waals surface area contributed by atoms with Crippen molar-refractivity contribution in [2.45, 2.75) is 70.3 Å². The Morgan fingerprint density at radius 1 is 0.852 bits per heavy atom. The quantitative estimate of drug-likeness (QED) is 0.758. The first-order chi connectivity index (χ1) is 13.2. The van der Waals surface area contributed by atoms with E-state index in [1.165, 1.54) is 25.7 Å². The third-order valence-corrected chi connectivity index (χ3v) is 6.04. The largest absolute Gasteiger partial charge is 0.495 e. The molecule has 0 spiro atoms. The summed E-state index contributed by atoms with van der Waals surface area (Å²) in [4.78, 5) is 25.2. The Labute approximate surface area is 162 Å². The predicted molar refractivity (Wildman–Crippen MR) is 107 cm³/mol.